The Balaban J connectivity index is 1.63. The van der Waals surface area contributed by atoms with Crippen LogP contribution in [0.3, 0.4) is 0 Å². The van der Waals surface area contributed by atoms with Crippen LogP contribution < -0.4 is 0 Å². The van der Waals surface area contributed by atoms with Gasteiger partial charge in [-0.15, -0.1) is 0 Å². The molecule has 1 aliphatic carbocycles. The van der Waals surface area contributed by atoms with E-state index in [-0.39, 0.29) is 11.9 Å². The molecular weight excluding hydrogens is 379 g/mol. The predicted octanol–water partition coefficient (Wildman–Crippen LogP) is 4.70. The summed E-state index contributed by atoms with van der Waals surface area (Å²) in [5, 5.41) is 0.887. The minimum atomic E-state index is 0.00199. The molecule has 142 valence electrons. The largest absolute Gasteiger partial charge is 0.337 e. The molecule has 0 N–H and O–H groups in total. The molecule has 0 spiro atoms. The Hall–Kier alpha value is -1.55. The van der Waals surface area contributed by atoms with E-state index >= 15 is 0 Å². The van der Waals surface area contributed by atoms with Gasteiger partial charge in [0.25, 0.3) is 5.91 Å². The highest BCUT2D eigenvalue weighted by molar-refractivity contribution is 6.42. The molecule has 1 amide bonds. The third kappa shape index (κ3) is 3.73. The Morgan fingerprint density at radius 1 is 1.00 bits per heavy atom. The molecule has 1 fully saturated rings. The molecule has 1 aliphatic heterocycles. The van der Waals surface area contributed by atoms with Crippen LogP contribution in [-0.4, -0.2) is 47.9 Å². The van der Waals surface area contributed by atoms with Crippen molar-refractivity contribution in [1.29, 1.82) is 0 Å². The van der Waals surface area contributed by atoms with Crippen LogP contribution in [0, 0.1) is 0 Å². The standard InChI is InChI=1S/C22H24Cl2N2O/c1-25(22(27)17-8-9-18(23)19(24)12-17)20-13-15-6-2-3-7-16(15)14-21(20)26-10-4-5-11-26/h2-3,6-9,12,20-21H,4-5,10-11,13-14H2,1H3. The van der Waals surface area contributed by atoms with Gasteiger partial charge in [0.15, 0.2) is 0 Å². The highest BCUT2D eigenvalue weighted by atomic mass is 35.5. The van der Waals surface area contributed by atoms with Crippen LogP contribution in [0.2, 0.25) is 10.0 Å². The number of halogens is 2. The lowest BCUT2D eigenvalue weighted by atomic mass is 9.83. The molecule has 2 aliphatic rings. The number of benzene rings is 2. The molecule has 2 aromatic carbocycles. The van der Waals surface area contributed by atoms with Crippen molar-refractivity contribution in [3.63, 3.8) is 0 Å². The van der Waals surface area contributed by atoms with E-state index in [0.717, 1.165) is 25.9 Å². The summed E-state index contributed by atoms with van der Waals surface area (Å²) in [6, 6.07) is 14.3. The first-order valence-corrected chi connectivity index (χ1v) is 10.3. The van der Waals surface area contributed by atoms with Crippen LogP contribution in [0.15, 0.2) is 42.5 Å². The second kappa shape index (κ2) is 7.83. The van der Waals surface area contributed by atoms with E-state index in [1.807, 2.05) is 11.9 Å². The van der Waals surface area contributed by atoms with E-state index in [9.17, 15) is 4.79 Å². The summed E-state index contributed by atoms with van der Waals surface area (Å²) in [7, 11) is 1.92. The van der Waals surface area contributed by atoms with Crippen molar-refractivity contribution in [2.75, 3.05) is 20.1 Å². The van der Waals surface area contributed by atoms with E-state index in [0.29, 0.717) is 21.7 Å². The van der Waals surface area contributed by atoms with Gasteiger partial charge < -0.3 is 4.90 Å². The zero-order valence-electron chi connectivity index (χ0n) is 15.5. The summed E-state index contributed by atoms with van der Waals surface area (Å²) in [5.41, 5.74) is 3.36. The summed E-state index contributed by atoms with van der Waals surface area (Å²) < 4.78 is 0. The van der Waals surface area contributed by atoms with Gasteiger partial charge in [-0.1, -0.05) is 47.5 Å². The van der Waals surface area contributed by atoms with Crippen molar-refractivity contribution in [2.45, 2.75) is 37.8 Å². The highest BCUT2D eigenvalue weighted by Gasteiger charge is 2.37. The fraction of sp³-hybridized carbons (Fsp3) is 0.409. The number of fused-ring (bicyclic) bond motifs is 1. The number of hydrogen-bond donors (Lipinski definition) is 0. The molecule has 1 heterocycles. The second-order valence-corrected chi connectivity index (χ2v) is 8.41. The van der Waals surface area contributed by atoms with Gasteiger partial charge in [0.1, 0.15) is 0 Å². The number of amides is 1. The van der Waals surface area contributed by atoms with Crippen molar-refractivity contribution in [3.8, 4) is 0 Å². The Kier molecular flexibility index (Phi) is 5.45. The summed E-state index contributed by atoms with van der Waals surface area (Å²) in [6.45, 7) is 2.25. The maximum Gasteiger partial charge on any atom is 0.253 e. The van der Waals surface area contributed by atoms with Gasteiger partial charge in [-0.3, -0.25) is 9.69 Å². The van der Waals surface area contributed by atoms with Gasteiger partial charge in [-0.05, 0) is 68.1 Å². The summed E-state index contributed by atoms with van der Waals surface area (Å²) in [6.07, 6.45) is 4.38. The van der Waals surface area contributed by atoms with Crippen LogP contribution in [0.4, 0.5) is 0 Å². The first-order chi connectivity index (χ1) is 13.0. The molecule has 2 aromatic rings. The van der Waals surface area contributed by atoms with Gasteiger partial charge in [-0.2, -0.15) is 0 Å². The Morgan fingerprint density at radius 3 is 2.33 bits per heavy atom. The molecule has 3 nitrogen and oxygen atoms in total. The smallest absolute Gasteiger partial charge is 0.253 e. The molecule has 2 atom stereocenters. The molecule has 0 saturated carbocycles. The van der Waals surface area contributed by atoms with Gasteiger partial charge in [0.05, 0.1) is 16.1 Å². The first kappa shape index (κ1) is 18.8. The molecule has 2 unspecified atom stereocenters. The predicted molar refractivity (Wildman–Crippen MR) is 111 cm³/mol. The lowest BCUT2D eigenvalue weighted by molar-refractivity contribution is 0.0579. The first-order valence-electron chi connectivity index (χ1n) is 9.57. The summed E-state index contributed by atoms with van der Waals surface area (Å²) in [4.78, 5) is 17.7. The summed E-state index contributed by atoms with van der Waals surface area (Å²) in [5.74, 6) is 0.00199. The average molecular weight is 403 g/mol. The molecule has 0 bridgehead atoms. The fourth-order valence-electron chi connectivity index (χ4n) is 4.50. The zero-order chi connectivity index (χ0) is 19.0. The van der Waals surface area contributed by atoms with Gasteiger partial charge in [0, 0.05) is 18.7 Å². The zero-order valence-corrected chi connectivity index (χ0v) is 17.0. The molecule has 0 radical (unpaired) electrons. The van der Waals surface area contributed by atoms with Gasteiger partial charge in [-0.25, -0.2) is 0 Å². The third-order valence-electron chi connectivity index (χ3n) is 6.01. The number of nitrogens with zero attached hydrogens (tertiary/aromatic N) is 2. The van der Waals surface area contributed by atoms with E-state index in [1.54, 1.807) is 18.2 Å². The van der Waals surface area contributed by atoms with Crippen molar-refractivity contribution in [3.05, 3.63) is 69.2 Å². The number of hydrogen-bond acceptors (Lipinski definition) is 2. The molecular formula is C22H24Cl2N2O. The van der Waals surface area contributed by atoms with Crippen molar-refractivity contribution in [1.82, 2.24) is 9.80 Å². The van der Waals surface area contributed by atoms with E-state index < -0.39 is 0 Å². The maximum atomic E-state index is 13.2. The van der Waals surface area contributed by atoms with Crippen molar-refractivity contribution < 1.29 is 4.79 Å². The minimum Gasteiger partial charge on any atom is -0.337 e. The van der Waals surface area contributed by atoms with E-state index in [2.05, 4.69) is 29.2 Å². The summed E-state index contributed by atoms with van der Waals surface area (Å²) >= 11 is 12.2. The van der Waals surface area contributed by atoms with Gasteiger partial charge in [0.2, 0.25) is 0 Å². The van der Waals surface area contributed by atoms with Crippen molar-refractivity contribution >= 4 is 29.1 Å². The molecule has 5 heteroatoms. The number of likely N-dealkylation sites (tertiary alicyclic amines) is 1. The monoisotopic (exact) mass is 402 g/mol. The number of carbonyl (C=O) groups excluding carboxylic acids is 1. The van der Waals surface area contributed by atoms with Crippen LogP contribution >= 0.6 is 23.2 Å². The van der Waals surface area contributed by atoms with Crippen LogP contribution in [-0.2, 0) is 12.8 Å². The van der Waals surface area contributed by atoms with E-state index in [1.165, 1.54) is 24.0 Å². The molecule has 0 aromatic heterocycles. The normalized spacial score (nSPS) is 22.5. The van der Waals surface area contributed by atoms with Gasteiger partial charge >= 0.3 is 0 Å². The van der Waals surface area contributed by atoms with E-state index in [4.69, 9.17) is 23.2 Å². The quantitative estimate of drug-likeness (QED) is 0.742. The Bertz CT molecular complexity index is 848. The van der Waals surface area contributed by atoms with Crippen molar-refractivity contribution in [2.24, 2.45) is 0 Å². The Morgan fingerprint density at radius 2 is 1.67 bits per heavy atom. The molecule has 27 heavy (non-hydrogen) atoms. The molecule has 4 rings (SSSR count). The van der Waals surface area contributed by atoms with Crippen LogP contribution in [0.5, 0.6) is 0 Å². The van der Waals surface area contributed by atoms with Crippen LogP contribution in [0.1, 0.15) is 34.3 Å². The lowest BCUT2D eigenvalue weighted by Crippen LogP contribution is -2.55. The van der Waals surface area contributed by atoms with Crippen LogP contribution in [0.25, 0.3) is 0 Å². The third-order valence-corrected chi connectivity index (χ3v) is 6.75. The highest BCUT2D eigenvalue weighted by Crippen LogP contribution is 2.31. The number of likely N-dealkylation sites (N-methyl/N-ethyl adjacent to an activating group) is 1. The number of rotatable bonds is 3. The lowest BCUT2D eigenvalue weighted by Gasteiger charge is -2.43. The Labute approximate surface area is 170 Å². The average Bonchev–Trinajstić information content (AvgIpc) is 3.22. The number of carbonyl (C=O) groups is 1. The molecule has 1 saturated heterocycles. The second-order valence-electron chi connectivity index (χ2n) is 7.60. The fourth-order valence-corrected chi connectivity index (χ4v) is 4.80. The SMILES string of the molecule is CN(C(=O)c1ccc(Cl)c(Cl)c1)C1Cc2ccccc2CC1N1CCCC1. The topological polar surface area (TPSA) is 23.6 Å². The minimum absolute atomic E-state index is 0.00199. The maximum absolute atomic E-state index is 13.2.